The summed E-state index contributed by atoms with van der Waals surface area (Å²) >= 11 is 0. The van der Waals surface area contributed by atoms with Crippen LogP contribution in [0.15, 0.2) is 11.1 Å². The molecule has 0 fully saturated rings. The third-order valence-electron chi connectivity index (χ3n) is 1.35. The Morgan fingerprint density at radius 2 is 1.36 bits per heavy atom. The lowest BCUT2D eigenvalue weighted by molar-refractivity contribution is 0.156. The fourth-order valence-corrected chi connectivity index (χ4v) is 0.824. The average Bonchev–Trinajstić information content (AvgIpc) is 1.81. The lowest BCUT2D eigenvalue weighted by atomic mass is 10.2. The number of hydrogen-bond donors (Lipinski definition) is 2. The van der Waals surface area contributed by atoms with Gasteiger partial charge in [-0.15, -0.1) is 0 Å². The van der Waals surface area contributed by atoms with Crippen molar-refractivity contribution in [2.24, 2.45) is 0 Å². The van der Waals surface area contributed by atoms with Gasteiger partial charge in [0.05, 0.1) is 6.10 Å². The molecule has 0 heterocycles. The highest BCUT2D eigenvalue weighted by atomic mass is 31.2. The van der Waals surface area contributed by atoms with Gasteiger partial charge < -0.3 is 9.79 Å². The molecule has 0 aliphatic carbocycles. The molecule has 0 aliphatic heterocycles. The molecule has 0 spiro atoms. The van der Waals surface area contributed by atoms with Gasteiger partial charge in [0.2, 0.25) is 0 Å². The molecule has 14 heavy (non-hydrogen) atoms. The standard InChI is InChI=1S/C6H12.C3H9O4P/c1-5(2)6(3)4;1-3(2)7-8(4,5)6/h1-4H3;3H,1-2H3,(H2,4,5,6). The summed E-state index contributed by atoms with van der Waals surface area (Å²) in [5.74, 6) is 0. The van der Waals surface area contributed by atoms with Crippen molar-refractivity contribution < 1.29 is 18.9 Å². The molecule has 0 radical (unpaired) electrons. The van der Waals surface area contributed by atoms with E-state index in [1.54, 1.807) is 13.8 Å². The SMILES string of the molecule is CC(C)=C(C)C.CC(C)OP(=O)(O)O. The molecular weight excluding hydrogens is 203 g/mol. The first-order chi connectivity index (χ1) is 6.06. The number of hydrogen-bond acceptors (Lipinski definition) is 2. The molecule has 0 aromatic rings. The van der Waals surface area contributed by atoms with Crippen molar-refractivity contribution in [3.63, 3.8) is 0 Å². The smallest absolute Gasteiger partial charge is 0.303 e. The monoisotopic (exact) mass is 224 g/mol. The molecule has 5 heteroatoms. The van der Waals surface area contributed by atoms with Crippen LogP contribution in [-0.4, -0.2) is 15.9 Å². The van der Waals surface area contributed by atoms with E-state index in [9.17, 15) is 4.57 Å². The van der Waals surface area contributed by atoms with E-state index in [2.05, 4.69) is 32.2 Å². The summed E-state index contributed by atoms with van der Waals surface area (Å²) in [4.78, 5) is 16.2. The molecule has 0 unspecified atom stereocenters. The van der Waals surface area contributed by atoms with Gasteiger partial charge in [0.1, 0.15) is 0 Å². The molecule has 0 atom stereocenters. The maximum Gasteiger partial charge on any atom is 0.469 e. The molecule has 0 rings (SSSR count). The predicted octanol–water partition coefficient (Wildman–Crippen LogP) is 2.87. The molecule has 0 aromatic carbocycles. The Balaban J connectivity index is 0. The summed E-state index contributed by atoms with van der Waals surface area (Å²) in [6.07, 6.45) is -0.421. The van der Waals surface area contributed by atoms with Gasteiger partial charge in [-0.25, -0.2) is 4.57 Å². The summed E-state index contributed by atoms with van der Waals surface area (Å²) in [7, 11) is -4.22. The molecule has 0 bridgehead atoms. The molecule has 4 nitrogen and oxygen atoms in total. The Morgan fingerprint density at radius 1 is 1.07 bits per heavy atom. The summed E-state index contributed by atoms with van der Waals surface area (Å²) in [5, 5.41) is 0. The maximum atomic E-state index is 9.91. The third kappa shape index (κ3) is 17.8. The van der Waals surface area contributed by atoms with Gasteiger partial charge in [0.25, 0.3) is 0 Å². The first-order valence-electron chi connectivity index (χ1n) is 4.41. The average molecular weight is 224 g/mol. The number of phosphoric ester groups is 1. The molecule has 0 aromatic heterocycles. The topological polar surface area (TPSA) is 66.8 Å². The largest absolute Gasteiger partial charge is 0.469 e. The molecule has 0 saturated carbocycles. The highest BCUT2D eigenvalue weighted by Gasteiger charge is 2.14. The van der Waals surface area contributed by atoms with Crippen LogP contribution in [0.1, 0.15) is 41.5 Å². The minimum atomic E-state index is -4.22. The van der Waals surface area contributed by atoms with E-state index in [0.29, 0.717) is 0 Å². The maximum absolute atomic E-state index is 9.91. The van der Waals surface area contributed by atoms with E-state index in [1.807, 2.05) is 0 Å². The second-order valence-corrected chi connectivity index (χ2v) is 4.84. The summed E-state index contributed by atoms with van der Waals surface area (Å²) in [5.41, 5.74) is 2.85. The van der Waals surface area contributed by atoms with E-state index < -0.39 is 13.9 Å². The molecule has 2 N–H and O–H groups in total. The summed E-state index contributed by atoms with van der Waals surface area (Å²) < 4.78 is 14.0. The van der Waals surface area contributed by atoms with Crippen molar-refractivity contribution in [3.8, 4) is 0 Å². The van der Waals surface area contributed by atoms with Crippen LogP contribution in [-0.2, 0) is 9.09 Å². The van der Waals surface area contributed by atoms with Crippen LogP contribution in [0.4, 0.5) is 0 Å². The quantitative estimate of drug-likeness (QED) is 0.559. The van der Waals surface area contributed by atoms with Crippen LogP contribution in [0.25, 0.3) is 0 Å². The van der Waals surface area contributed by atoms with Gasteiger partial charge in [-0.2, -0.15) is 0 Å². The first-order valence-corrected chi connectivity index (χ1v) is 5.94. The number of allylic oxidation sites excluding steroid dienone is 2. The fourth-order valence-electron chi connectivity index (χ4n) is 0.275. The number of phosphoric acid groups is 1. The van der Waals surface area contributed by atoms with E-state index in [4.69, 9.17) is 9.79 Å². The van der Waals surface area contributed by atoms with Crippen molar-refractivity contribution in [2.45, 2.75) is 47.6 Å². The van der Waals surface area contributed by atoms with E-state index in [0.717, 1.165) is 0 Å². The van der Waals surface area contributed by atoms with Crippen molar-refractivity contribution in [1.82, 2.24) is 0 Å². The summed E-state index contributed by atoms with van der Waals surface area (Å²) in [6.45, 7) is 11.6. The van der Waals surface area contributed by atoms with E-state index in [1.165, 1.54) is 11.1 Å². The van der Waals surface area contributed by atoms with E-state index >= 15 is 0 Å². The van der Waals surface area contributed by atoms with Crippen LogP contribution < -0.4 is 0 Å². The van der Waals surface area contributed by atoms with Gasteiger partial charge >= 0.3 is 7.82 Å². The zero-order valence-corrected chi connectivity index (χ0v) is 10.6. The van der Waals surface area contributed by atoms with E-state index in [-0.39, 0.29) is 0 Å². The Kier molecular flexibility index (Phi) is 8.36. The van der Waals surface area contributed by atoms with Crippen molar-refractivity contribution in [3.05, 3.63) is 11.1 Å². The summed E-state index contributed by atoms with van der Waals surface area (Å²) in [6, 6.07) is 0. The zero-order chi connectivity index (χ0) is 11.9. The Hall–Kier alpha value is -0.150. The lowest BCUT2D eigenvalue weighted by Gasteiger charge is -2.06. The highest BCUT2D eigenvalue weighted by Crippen LogP contribution is 2.37. The van der Waals surface area contributed by atoms with Gasteiger partial charge in [0.15, 0.2) is 0 Å². The lowest BCUT2D eigenvalue weighted by Crippen LogP contribution is -1.98. The normalized spacial score (nSPS) is 10.6. The third-order valence-corrected chi connectivity index (χ3v) is 2.04. The van der Waals surface area contributed by atoms with Gasteiger partial charge in [-0.3, -0.25) is 4.52 Å². The minimum absolute atomic E-state index is 0.421. The Labute approximate surface area is 86.2 Å². The van der Waals surface area contributed by atoms with Crippen molar-refractivity contribution in [1.29, 1.82) is 0 Å². The van der Waals surface area contributed by atoms with Gasteiger partial charge in [-0.05, 0) is 41.5 Å². The van der Waals surface area contributed by atoms with Crippen LogP contribution in [0.2, 0.25) is 0 Å². The highest BCUT2D eigenvalue weighted by molar-refractivity contribution is 7.46. The fraction of sp³-hybridized carbons (Fsp3) is 0.778. The van der Waals surface area contributed by atoms with Gasteiger partial charge in [0, 0.05) is 0 Å². The Bertz CT molecular complexity index is 209. The number of rotatable bonds is 2. The van der Waals surface area contributed by atoms with Crippen molar-refractivity contribution >= 4 is 7.82 Å². The zero-order valence-electron chi connectivity index (χ0n) is 9.74. The molecule has 0 aliphatic rings. The minimum Gasteiger partial charge on any atom is -0.303 e. The van der Waals surface area contributed by atoms with Crippen molar-refractivity contribution in [2.75, 3.05) is 0 Å². The first kappa shape index (κ1) is 16.3. The van der Waals surface area contributed by atoms with Crippen LogP contribution >= 0.6 is 7.82 Å². The Morgan fingerprint density at radius 3 is 1.36 bits per heavy atom. The molecular formula is C9H21O4P. The second-order valence-electron chi connectivity index (χ2n) is 3.64. The molecule has 86 valence electrons. The van der Waals surface area contributed by atoms with Crippen LogP contribution in [0.3, 0.4) is 0 Å². The predicted molar refractivity (Wildman–Crippen MR) is 58.0 cm³/mol. The molecule has 0 saturated heterocycles. The molecule has 0 amide bonds. The van der Waals surface area contributed by atoms with Gasteiger partial charge in [-0.1, -0.05) is 11.1 Å². The second kappa shape index (κ2) is 7.18. The van der Waals surface area contributed by atoms with Crippen LogP contribution in [0.5, 0.6) is 0 Å². The van der Waals surface area contributed by atoms with Crippen LogP contribution in [0, 0.1) is 0 Å².